The van der Waals surface area contributed by atoms with Crippen LogP contribution in [0.5, 0.6) is 11.5 Å². The van der Waals surface area contributed by atoms with Crippen LogP contribution >= 0.6 is 15.9 Å². The van der Waals surface area contributed by atoms with Crippen LogP contribution in [-0.4, -0.2) is 42.9 Å². The van der Waals surface area contributed by atoms with E-state index in [9.17, 15) is 0 Å². The topological polar surface area (TPSA) is 30.9 Å². The van der Waals surface area contributed by atoms with E-state index < -0.39 is 0 Å². The molecule has 2 aliphatic heterocycles. The number of fused-ring (bicyclic) bond motifs is 3. The molecule has 5 heteroatoms. The van der Waals surface area contributed by atoms with Gasteiger partial charge in [0.1, 0.15) is 0 Å². The van der Waals surface area contributed by atoms with Crippen LogP contribution in [0.15, 0.2) is 10.5 Å². The van der Waals surface area contributed by atoms with Gasteiger partial charge >= 0.3 is 0 Å². The second-order valence-electron chi connectivity index (χ2n) is 8.80. The Morgan fingerprint density at radius 2 is 1.85 bits per heavy atom. The number of hydrogen-bond acceptors (Lipinski definition) is 4. The molecule has 4 rings (SSSR count). The molecule has 2 heterocycles. The first-order chi connectivity index (χ1) is 12.4. The molecule has 1 aliphatic carbocycles. The van der Waals surface area contributed by atoms with Crippen molar-refractivity contribution < 1.29 is 14.2 Å². The number of ether oxygens (including phenoxy) is 3. The molecule has 4 nitrogen and oxygen atoms in total. The van der Waals surface area contributed by atoms with Gasteiger partial charge in [0.2, 0.25) is 0 Å². The molecule has 1 aromatic rings. The molecule has 0 bridgehead atoms. The van der Waals surface area contributed by atoms with Crippen LogP contribution in [0.4, 0.5) is 0 Å². The summed E-state index contributed by atoms with van der Waals surface area (Å²) in [6.45, 7) is 8.53. The van der Waals surface area contributed by atoms with Gasteiger partial charge < -0.3 is 14.2 Å². The van der Waals surface area contributed by atoms with E-state index in [0.717, 1.165) is 61.2 Å². The van der Waals surface area contributed by atoms with Crippen LogP contribution in [0.3, 0.4) is 0 Å². The number of hydrogen-bond donors (Lipinski definition) is 0. The molecule has 0 N–H and O–H groups in total. The highest BCUT2D eigenvalue weighted by molar-refractivity contribution is 9.10. The van der Waals surface area contributed by atoms with E-state index >= 15 is 0 Å². The van der Waals surface area contributed by atoms with Crippen molar-refractivity contribution in [3.05, 3.63) is 21.7 Å². The zero-order valence-electron chi connectivity index (χ0n) is 16.3. The van der Waals surface area contributed by atoms with E-state index in [1.807, 2.05) is 0 Å². The van der Waals surface area contributed by atoms with Gasteiger partial charge in [0.25, 0.3) is 0 Å². The predicted molar refractivity (Wildman–Crippen MR) is 106 cm³/mol. The molecule has 0 radical (unpaired) electrons. The Morgan fingerprint density at radius 1 is 1.12 bits per heavy atom. The molecule has 2 fully saturated rings. The third-order valence-corrected chi connectivity index (χ3v) is 6.36. The largest absolute Gasteiger partial charge is 0.493 e. The molecule has 0 aromatic heterocycles. The minimum Gasteiger partial charge on any atom is -0.493 e. The summed E-state index contributed by atoms with van der Waals surface area (Å²) in [5.41, 5.74) is 2.72. The quantitative estimate of drug-likeness (QED) is 0.690. The van der Waals surface area contributed by atoms with Gasteiger partial charge in [0.15, 0.2) is 11.5 Å². The Kier molecular flexibility index (Phi) is 4.99. The van der Waals surface area contributed by atoms with Gasteiger partial charge in [-0.1, -0.05) is 0 Å². The Labute approximate surface area is 165 Å². The maximum atomic E-state index is 6.26. The van der Waals surface area contributed by atoms with E-state index in [-0.39, 0.29) is 5.60 Å². The molecule has 2 unspecified atom stereocenters. The first-order valence-corrected chi connectivity index (χ1v) is 10.6. The molecule has 1 aromatic carbocycles. The minimum absolute atomic E-state index is 0.0769. The average molecular weight is 424 g/mol. The predicted octanol–water partition coefficient (Wildman–Crippen LogP) is 4.88. The zero-order chi connectivity index (χ0) is 18.5. The summed E-state index contributed by atoms with van der Waals surface area (Å²) in [5.74, 6) is 1.75. The molecule has 1 saturated heterocycles. The smallest absolute Gasteiger partial charge is 0.176 e. The number of rotatable bonds is 4. The molecule has 2 atom stereocenters. The Morgan fingerprint density at radius 3 is 2.50 bits per heavy atom. The normalized spacial score (nSPS) is 26.2. The van der Waals surface area contributed by atoms with Crippen molar-refractivity contribution in [2.24, 2.45) is 0 Å². The summed E-state index contributed by atoms with van der Waals surface area (Å²) in [7, 11) is 1.74. The molecule has 0 amide bonds. The van der Waals surface area contributed by atoms with Crippen LogP contribution in [0.2, 0.25) is 0 Å². The summed E-state index contributed by atoms with van der Waals surface area (Å²) < 4.78 is 19.2. The number of benzene rings is 1. The highest BCUT2D eigenvalue weighted by atomic mass is 79.9. The van der Waals surface area contributed by atoms with Crippen LogP contribution in [-0.2, 0) is 11.2 Å². The van der Waals surface area contributed by atoms with Crippen molar-refractivity contribution in [3.8, 4) is 11.5 Å². The molecule has 3 aliphatic rings. The van der Waals surface area contributed by atoms with Gasteiger partial charge in [-0.25, -0.2) is 0 Å². The van der Waals surface area contributed by atoms with Gasteiger partial charge in [-0.15, -0.1) is 0 Å². The lowest BCUT2D eigenvalue weighted by Crippen LogP contribution is -2.47. The lowest BCUT2D eigenvalue weighted by Gasteiger charge is -2.45. The van der Waals surface area contributed by atoms with Gasteiger partial charge in [0.05, 0.1) is 29.4 Å². The second kappa shape index (κ2) is 6.99. The number of methoxy groups -OCH3 is 1. The van der Waals surface area contributed by atoms with Gasteiger partial charge in [-0.05, 0) is 86.0 Å². The lowest BCUT2D eigenvalue weighted by atomic mass is 9.85. The van der Waals surface area contributed by atoms with Crippen molar-refractivity contribution in [3.63, 3.8) is 0 Å². The SMILES string of the molecule is COc1cc2c(c(Br)c1OC1CC1)CCN1CC(OC(C)(C)C)CCC21. The van der Waals surface area contributed by atoms with E-state index in [2.05, 4.69) is 47.7 Å². The standard InChI is InChI=1S/C21H30BrNO3/c1-21(2,3)26-14-7-8-17-16-11-18(24-4)20(25-13-5-6-13)19(22)15(16)9-10-23(17)12-14/h11,13-14,17H,5-10,12H2,1-4H3. The van der Waals surface area contributed by atoms with Gasteiger partial charge in [-0.2, -0.15) is 0 Å². The third-order valence-electron chi connectivity index (χ3n) is 5.52. The molecule has 1 saturated carbocycles. The van der Waals surface area contributed by atoms with Crippen molar-refractivity contribution in [1.82, 2.24) is 4.90 Å². The maximum Gasteiger partial charge on any atom is 0.176 e. The fraction of sp³-hybridized carbons (Fsp3) is 0.714. The van der Waals surface area contributed by atoms with Crippen LogP contribution in [0.25, 0.3) is 0 Å². The van der Waals surface area contributed by atoms with Crippen LogP contribution in [0, 0.1) is 0 Å². The van der Waals surface area contributed by atoms with E-state index in [4.69, 9.17) is 14.2 Å². The molecule has 26 heavy (non-hydrogen) atoms. The zero-order valence-corrected chi connectivity index (χ0v) is 17.9. The van der Waals surface area contributed by atoms with Crippen LogP contribution in [0.1, 0.15) is 63.6 Å². The number of halogens is 1. The van der Waals surface area contributed by atoms with E-state index in [1.54, 1.807) is 7.11 Å². The number of piperidine rings is 1. The van der Waals surface area contributed by atoms with Crippen molar-refractivity contribution in [2.45, 2.75) is 76.7 Å². The lowest BCUT2D eigenvalue weighted by molar-refractivity contribution is -0.0972. The Hall–Kier alpha value is -0.780. The maximum absolute atomic E-state index is 6.26. The highest BCUT2D eigenvalue weighted by Crippen LogP contribution is 2.48. The van der Waals surface area contributed by atoms with Crippen molar-refractivity contribution in [1.29, 1.82) is 0 Å². The summed E-state index contributed by atoms with van der Waals surface area (Å²) >= 11 is 3.83. The van der Waals surface area contributed by atoms with E-state index in [1.165, 1.54) is 11.1 Å². The fourth-order valence-corrected chi connectivity index (χ4v) is 5.00. The molecule has 144 valence electrons. The van der Waals surface area contributed by atoms with Crippen molar-refractivity contribution >= 4 is 15.9 Å². The Bertz CT molecular complexity index is 681. The molecular formula is C21H30BrNO3. The van der Waals surface area contributed by atoms with Gasteiger partial charge in [0, 0.05) is 19.1 Å². The monoisotopic (exact) mass is 423 g/mol. The molecule has 0 spiro atoms. The summed E-state index contributed by atoms with van der Waals surface area (Å²) in [4.78, 5) is 2.59. The summed E-state index contributed by atoms with van der Waals surface area (Å²) in [5, 5.41) is 0. The summed E-state index contributed by atoms with van der Waals surface area (Å²) in [6.07, 6.45) is 6.28. The van der Waals surface area contributed by atoms with Gasteiger partial charge in [-0.3, -0.25) is 4.90 Å². The Balaban J connectivity index is 1.59. The average Bonchev–Trinajstić information content (AvgIpc) is 3.39. The first kappa shape index (κ1) is 18.6. The minimum atomic E-state index is -0.0769. The fourth-order valence-electron chi connectivity index (χ4n) is 4.29. The third kappa shape index (κ3) is 3.76. The first-order valence-electron chi connectivity index (χ1n) is 9.83. The van der Waals surface area contributed by atoms with E-state index in [0.29, 0.717) is 18.2 Å². The highest BCUT2D eigenvalue weighted by Gasteiger charge is 2.37. The summed E-state index contributed by atoms with van der Waals surface area (Å²) in [6, 6.07) is 2.68. The van der Waals surface area contributed by atoms with Crippen LogP contribution < -0.4 is 9.47 Å². The molecular weight excluding hydrogens is 394 g/mol. The van der Waals surface area contributed by atoms with Crippen molar-refractivity contribution in [2.75, 3.05) is 20.2 Å². The number of nitrogens with zero attached hydrogens (tertiary/aromatic N) is 1. The second-order valence-corrected chi connectivity index (χ2v) is 9.59.